The average Bonchev–Trinajstić information content (AvgIpc) is 3.67. The molecule has 1 fully saturated rings. The molecule has 1 aliphatic heterocycles. The second kappa shape index (κ2) is 14.4. The van der Waals surface area contributed by atoms with Gasteiger partial charge in [-0.3, -0.25) is 4.90 Å². The summed E-state index contributed by atoms with van der Waals surface area (Å²) in [6.45, 7) is 4.62. The van der Waals surface area contributed by atoms with Gasteiger partial charge in [0.1, 0.15) is 36.1 Å². The highest BCUT2D eigenvalue weighted by atomic mass is 35.5. The molecule has 3 heterocycles. The van der Waals surface area contributed by atoms with Crippen LogP contribution < -0.4 is 0 Å². The summed E-state index contributed by atoms with van der Waals surface area (Å²) in [6.07, 6.45) is -0.775. The summed E-state index contributed by atoms with van der Waals surface area (Å²) in [7, 11) is 0. The Labute approximate surface area is 292 Å². The number of rotatable bonds is 8. The first-order valence-corrected chi connectivity index (χ1v) is 16.1. The maximum absolute atomic E-state index is 14.3. The summed E-state index contributed by atoms with van der Waals surface area (Å²) in [5.41, 5.74) is 0.745. The summed E-state index contributed by atoms with van der Waals surface area (Å²) in [5.74, 6) is -2.19. The van der Waals surface area contributed by atoms with Gasteiger partial charge in [-0.2, -0.15) is 0 Å². The maximum Gasteiger partial charge on any atom is 0.411 e. The van der Waals surface area contributed by atoms with E-state index in [-0.39, 0.29) is 21.8 Å². The van der Waals surface area contributed by atoms with Gasteiger partial charge in [0.05, 0.1) is 22.2 Å². The predicted molar refractivity (Wildman–Crippen MR) is 182 cm³/mol. The van der Waals surface area contributed by atoms with Crippen LogP contribution in [-0.2, 0) is 18.9 Å². The number of amides is 1. The Hall–Kier alpha value is -5.75. The molecular formula is C37H33ClN4O8. The van der Waals surface area contributed by atoms with E-state index < -0.39 is 60.5 Å². The molecule has 0 saturated carbocycles. The van der Waals surface area contributed by atoms with Crippen molar-refractivity contribution in [1.82, 2.24) is 19.9 Å². The number of carbonyl (C=O) groups is 4. The van der Waals surface area contributed by atoms with E-state index in [0.717, 1.165) is 0 Å². The van der Waals surface area contributed by atoms with Gasteiger partial charge in [0.2, 0.25) is 0 Å². The molecule has 2 aromatic heterocycles. The zero-order chi connectivity index (χ0) is 35.4. The topological polar surface area (TPSA) is 150 Å². The molecule has 0 spiro atoms. The number of ether oxygens (including phenoxy) is 4. The Morgan fingerprint density at radius 2 is 1.28 bits per heavy atom. The van der Waals surface area contributed by atoms with Gasteiger partial charge < -0.3 is 23.9 Å². The molecule has 1 saturated heterocycles. The first-order chi connectivity index (χ1) is 24.0. The third-order valence-electron chi connectivity index (χ3n) is 7.94. The van der Waals surface area contributed by atoms with Gasteiger partial charge in [-0.1, -0.05) is 66.2 Å². The van der Waals surface area contributed by atoms with E-state index in [4.69, 9.17) is 30.5 Å². The van der Waals surface area contributed by atoms with Crippen molar-refractivity contribution in [3.8, 4) is 0 Å². The highest BCUT2D eigenvalue weighted by molar-refractivity contribution is 6.33. The summed E-state index contributed by atoms with van der Waals surface area (Å²) in [4.78, 5) is 67.8. The summed E-state index contributed by atoms with van der Waals surface area (Å²) in [6, 6.07) is 22.3. The minimum atomic E-state index is -1.38. The molecule has 0 aliphatic carbocycles. The number of carbonyl (C=O) groups excluding carboxylic acids is 4. The highest BCUT2D eigenvalue weighted by Gasteiger charge is 2.58. The van der Waals surface area contributed by atoms with Gasteiger partial charge in [-0.15, -0.1) is 0 Å². The minimum Gasteiger partial charge on any atom is -0.460 e. The Bertz CT molecular complexity index is 2000. The van der Waals surface area contributed by atoms with Crippen LogP contribution in [0.2, 0.25) is 5.15 Å². The van der Waals surface area contributed by atoms with Crippen molar-refractivity contribution in [2.75, 3.05) is 6.61 Å². The highest BCUT2D eigenvalue weighted by Crippen LogP contribution is 2.44. The predicted octanol–water partition coefficient (Wildman–Crippen LogP) is 6.58. The number of likely N-dealkylation sites (tertiary alicyclic amines) is 1. The van der Waals surface area contributed by atoms with Crippen LogP contribution in [0.3, 0.4) is 0 Å². The van der Waals surface area contributed by atoms with Crippen LogP contribution in [0.15, 0.2) is 104 Å². The number of H-pyrrole nitrogens is 1. The van der Waals surface area contributed by atoms with Crippen molar-refractivity contribution in [1.29, 1.82) is 0 Å². The molecule has 256 valence electrons. The lowest BCUT2D eigenvalue weighted by Crippen LogP contribution is -2.47. The molecule has 4 atom stereocenters. The lowest BCUT2D eigenvalue weighted by atomic mass is 10.0. The number of nitrogens with zero attached hydrogens (tertiary/aromatic N) is 3. The van der Waals surface area contributed by atoms with Crippen LogP contribution in [0.25, 0.3) is 11.0 Å². The average molecular weight is 697 g/mol. The lowest BCUT2D eigenvalue weighted by Gasteiger charge is -2.32. The molecule has 3 aromatic carbocycles. The number of aromatic amines is 1. The monoisotopic (exact) mass is 696 g/mol. The van der Waals surface area contributed by atoms with Crippen LogP contribution in [0.5, 0.6) is 0 Å². The molecular weight excluding hydrogens is 664 g/mol. The van der Waals surface area contributed by atoms with Crippen molar-refractivity contribution < 1.29 is 38.1 Å². The first kappa shape index (κ1) is 34.1. The molecule has 1 unspecified atom stereocenters. The second-order valence-corrected chi connectivity index (χ2v) is 12.8. The number of hydrogen-bond acceptors (Lipinski definition) is 10. The van der Waals surface area contributed by atoms with E-state index >= 15 is 0 Å². The second-order valence-electron chi connectivity index (χ2n) is 12.5. The van der Waals surface area contributed by atoms with Crippen molar-refractivity contribution in [3.63, 3.8) is 0 Å². The van der Waals surface area contributed by atoms with E-state index in [1.165, 1.54) is 11.2 Å². The van der Waals surface area contributed by atoms with Gasteiger partial charge in [0.15, 0.2) is 17.4 Å². The summed E-state index contributed by atoms with van der Waals surface area (Å²) < 4.78 is 24.0. The molecule has 12 nitrogen and oxygen atoms in total. The zero-order valence-corrected chi connectivity index (χ0v) is 28.1. The summed E-state index contributed by atoms with van der Waals surface area (Å²) >= 11 is 6.40. The number of esters is 3. The van der Waals surface area contributed by atoms with E-state index in [0.29, 0.717) is 16.6 Å². The number of nitrogens with one attached hydrogen (secondary N) is 1. The van der Waals surface area contributed by atoms with Gasteiger partial charge in [-0.05, 0) is 57.2 Å². The largest absolute Gasteiger partial charge is 0.460 e. The number of halogens is 1. The smallest absolute Gasteiger partial charge is 0.411 e. The molecule has 1 amide bonds. The number of benzene rings is 3. The van der Waals surface area contributed by atoms with Crippen LogP contribution in [0.1, 0.15) is 63.5 Å². The Morgan fingerprint density at radius 3 is 1.82 bits per heavy atom. The molecule has 0 bridgehead atoms. The third-order valence-corrected chi connectivity index (χ3v) is 8.23. The molecule has 1 aliphatic rings. The number of aromatic nitrogens is 3. The number of fused-ring (bicyclic) bond motifs is 1. The Balaban J connectivity index is 1.51. The van der Waals surface area contributed by atoms with E-state index in [2.05, 4.69) is 15.0 Å². The molecule has 5 aromatic rings. The van der Waals surface area contributed by atoms with Crippen LogP contribution in [-0.4, -0.2) is 74.3 Å². The zero-order valence-electron chi connectivity index (χ0n) is 27.3. The Morgan fingerprint density at radius 1 is 0.760 bits per heavy atom. The number of hydrogen-bond donors (Lipinski definition) is 1. The minimum absolute atomic E-state index is 0.112. The van der Waals surface area contributed by atoms with E-state index in [9.17, 15) is 19.2 Å². The fourth-order valence-corrected chi connectivity index (χ4v) is 5.96. The molecule has 6 rings (SSSR count). The third kappa shape index (κ3) is 7.30. The molecule has 50 heavy (non-hydrogen) atoms. The SMILES string of the molecule is CC(C)(C)OC(=O)N1[C@H](COC(=O)c2ccccc2)[C@@H](OC(=O)c2ccccc2)C(OC(=O)c2ccccc2)[C@@H]1c1c[nH]c2c(Cl)ncnc12. The summed E-state index contributed by atoms with van der Waals surface area (Å²) in [5, 5.41) is 0.112. The fraction of sp³-hybridized carbons (Fsp3) is 0.243. The van der Waals surface area contributed by atoms with Crippen molar-refractivity contribution >= 4 is 46.6 Å². The van der Waals surface area contributed by atoms with Crippen LogP contribution >= 0.6 is 11.6 Å². The quantitative estimate of drug-likeness (QED) is 0.107. The Kier molecular flexibility index (Phi) is 9.82. The maximum atomic E-state index is 14.3. The van der Waals surface area contributed by atoms with E-state index in [1.807, 2.05) is 0 Å². The first-order valence-electron chi connectivity index (χ1n) is 15.7. The van der Waals surface area contributed by atoms with Crippen LogP contribution in [0, 0.1) is 0 Å². The van der Waals surface area contributed by atoms with Crippen molar-refractivity contribution in [3.05, 3.63) is 131 Å². The van der Waals surface area contributed by atoms with Gasteiger partial charge in [0, 0.05) is 11.8 Å². The molecule has 0 radical (unpaired) electrons. The normalized spacial score (nSPS) is 18.8. The van der Waals surface area contributed by atoms with Gasteiger partial charge in [0.25, 0.3) is 0 Å². The van der Waals surface area contributed by atoms with Crippen molar-refractivity contribution in [2.24, 2.45) is 0 Å². The van der Waals surface area contributed by atoms with Gasteiger partial charge >= 0.3 is 24.0 Å². The standard InChI is InChI=1S/C37H33ClN4O8/c1-37(2,3)50-36(46)42-26(20-47-33(43)22-13-7-4-8-14-22)30(48-34(44)23-15-9-5-10-16-23)31(49-35(45)24-17-11-6-12-18-24)29(42)25-19-39-28-27(25)40-21-41-32(28)38/h4-19,21,26,29-31,39H,20H2,1-3H3/t26-,29+,30-,31?/m1/s1. The lowest BCUT2D eigenvalue weighted by molar-refractivity contribution is -0.0373. The van der Waals surface area contributed by atoms with Crippen LogP contribution in [0.4, 0.5) is 4.79 Å². The van der Waals surface area contributed by atoms with Crippen molar-refractivity contribution in [2.45, 2.75) is 50.7 Å². The fourth-order valence-electron chi connectivity index (χ4n) is 5.77. The van der Waals surface area contributed by atoms with Gasteiger partial charge in [-0.25, -0.2) is 29.1 Å². The molecule has 1 N–H and O–H groups in total. The molecule has 13 heteroatoms. The van der Waals surface area contributed by atoms with E-state index in [1.54, 1.807) is 118 Å².